The van der Waals surface area contributed by atoms with Gasteiger partial charge in [0.25, 0.3) is 0 Å². The second-order valence-corrected chi connectivity index (χ2v) is 5.81. The summed E-state index contributed by atoms with van der Waals surface area (Å²) < 4.78 is 0. The molecule has 2 heterocycles. The molecule has 0 saturated carbocycles. The normalized spacial score (nSPS) is 30.6. The molecule has 0 radical (unpaired) electrons. The van der Waals surface area contributed by atoms with Gasteiger partial charge in [0.2, 0.25) is 0 Å². The fourth-order valence-corrected chi connectivity index (χ4v) is 3.31. The van der Waals surface area contributed by atoms with Gasteiger partial charge >= 0.3 is 12.0 Å². The topological polar surface area (TPSA) is 81.1 Å². The number of amides is 2. The smallest absolute Gasteiger partial charge is 0.326 e. The Bertz CT molecular complexity index is 372. The number of rotatable bonds is 3. The first-order valence-electron chi connectivity index (χ1n) is 7.52. The van der Waals surface area contributed by atoms with Crippen LogP contribution >= 0.6 is 0 Å². The van der Waals surface area contributed by atoms with Crippen molar-refractivity contribution in [1.82, 2.24) is 9.80 Å². The molecule has 0 spiro atoms. The van der Waals surface area contributed by atoms with Crippen molar-refractivity contribution in [2.45, 2.75) is 63.6 Å². The van der Waals surface area contributed by atoms with Crippen molar-refractivity contribution in [3.63, 3.8) is 0 Å². The van der Waals surface area contributed by atoms with E-state index in [2.05, 4.69) is 6.92 Å². The van der Waals surface area contributed by atoms with E-state index in [1.165, 1.54) is 4.90 Å². The minimum absolute atomic E-state index is 0.130. The van der Waals surface area contributed by atoms with E-state index < -0.39 is 18.1 Å². The van der Waals surface area contributed by atoms with Crippen LogP contribution in [0.1, 0.15) is 45.4 Å². The second kappa shape index (κ2) is 6.43. The fourth-order valence-electron chi connectivity index (χ4n) is 3.31. The van der Waals surface area contributed by atoms with Gasteiger partial charge in [0.1, 0.15) is 6.04 Å². The van der Waals surface area contributed by atoms with Crippen LogP contribution in [0.25, 0.3) is 0 Å². The van der Waals surface area contributed by atoms with Crippen molar-refractivity contribution in [3.8, 4) is 0 Å². The van der Waals surface area contributed by atoms with Gasteiger partial charge in [-0.05, 0) is 25.7 Å². The standard InChI is InChI=1S/C14H24N2O4/c1-2-5-10-6-3-4-7-15(10)14(20)16-9-11(17)8-12(16)13(18)19/h10-12,17H,2-9H2,1H3,(H,18,19)/t10?,11?,12-/m0/s1. The minimum Gasteiger partial charge on any atom is -0.480 e. The van der Waals surface area contributed by atoms with E-state index in [1.54, 1.807) is 0 Å². The Balaban J connectivity index is 2.09. The number of likely N-dealkylation sites (tertiary alicyclic amines) is 2. The third kappa shape index (κ3) is 3.06. The van der Waals surface area contributed by atoms with E-state index in [0.717, 1.165) is 32.1 Å². The molecule has 2 saturated heterocycles. The van der Waals surface area contributed by atoms with Crippen molar-refractivity contribution in [2.75, 3.05) is 13.1 Å². The summed E-state index contributed by atoms with van der Waals surface area (Å²) in [6.45, 7) is 2.92. The van der Waals surface area contributed by atoms with E-state index >= 15 is 0 Å². The van der Waals surface area contributed by atoms with Crippen LogP contribution in [0.15, 0.2) is 0 Å². The molecule has 6 nitrogen and oxygen atoms in total. The summed E-state index contributed by atoms with van der Waals surface area (Å²) in [4.78, 5) is 27.0. The van der Waals surface area contributed by atoms with Gasteiger partial charge in [0.05, 0.1) is 6.10 Å². The van der Waals surface area contributed by atoms with Gasteiger partial charge in [-0.2, -0.15) is 0 Å². The van der Waals surface area contributed by atoms with Crippen LogP contribution in [0.5, 0.6) is 0 Å². The number of nitrogens with zero attached hydrogens (tertiary/aromatic N) is 2. The molecule has 2 aliphatic rings. The number of aliphatic carboxylic acids is 1. The maximum Gasteiger partial charge on any atom is 0.326 e. The highest BCUT2D eigenvalue weighted by Crippen LogP contribution is 2.26. The van der Waals surface area contributed by atoms with Gasteiger partial charge in [0.15, 0.2) is 0 Å². The minimum atomic E-state index is -1.03. The Morgan fingerprint density at radius 2 is 2.00 bits per heavy atom. The van der Waals surface area contributed by atoms with Crippen LogP contribution in [0.2, 0.25) is 0 Å². The number of hydrogen-bond acceptors (Lipinski definition) is 3. The van der Waals surface area contributed by atoms with Crippen LogP contribution in [-0.2, 0) is 4.79 Å². The summed E-state index contributed by atoms with van der Waals surface area (Å²) in [5, 5.41) is 18.9. The number of aliphatic hydroxyl groups is 1. The van der Waals surface area contributed by atoms with E-state index in [9.17, 15) is 19.8 Å². The molecular weight excluding hydrogens is 260 g/mol. The van der Waals surface area contributed by atoms with Crippen molar-refractivity contribution in [3.05, 3.63) is 0 Å². The number of carboxylic acids is 1. The average Bonchev–Trinajstić information content (AvgIpc) is 2.81. The number of aliphatic hydroxyl groups excluding tert-OH is 1. The highest BCUT2D eigenvalue weighted by atomic mass is 16.4. The maximum atomic E-state index is 12.6. The molecule has 0 aromatic carbocycles. The van der Waals surface area contributed by atoms with Crippen LogP contribution < -0.4 is 0 Å². The van der Waals surface area contributed by atoms with Crippen LogP contribution in [0.4, 0.5) is 4.79 Å². The monoisotopic (exact) mass is 284 g/mol. The Morgan fingerprint density at radius 1 is 1.25 bits per heavy atom. The molecule has 6 heteroatoms. The van der Waals surface area contributed by atoms with E-state index in [1.807, 2.05) is 4.90 Å². The zero-order valence-electron chi connectivity index (χ0n) is 12.0. The number of carbonyl (C=O) groups excluding carboxylic acids is 1. The SMILES string of the molecule is CCCC1CCCCN1C(=O)N1CC(O)C[C@H]1C(=O)O. The van der Waals surface area contributed by atoms with E-state index in [4.69, 9.17) is 0 Å². The summed E-state index contributed by atoms with van der Waals surface area (Å²) in [5.74, 6) is -1.03. The molecule has 2 aliphatic heterocycles. The highest BCUT2D eigenvalue weighted by Gasteiger charge is 2.42. The van der Waals surface area contributed by atoms with Gasteiger partial charge in [-0.25, -0.2) is 9.59 Å². The van der Waals surface area contributed by atoms with Gasteiger partial charge in [-0.15, -0.1) is 0 Å². The second-order valence-electron chi connectivity index (χ2n) is 5.81. The fraction of sp³-hybridized carbons (Fsp3) is 0.857. The summed E-state index contributed by atoms with van der Waals surface area (Å²) >= 11 is 0. The molecule has 2 fully saturated rings. The lowest BCUT2D eigenvalue weighted by atomic mass is 9.98. The Morgan fingerprint density at radius 3 is 2.65 bits per heavy atom. The maximum absolute atomic E-state index is 12.6. The average molecular weight is 284 g/mol. The van der Waals surface area contributed by atoms with Crippen molar-refractivity contribution >= 4 is 12.0 Å². The predicted octanol–water partition coefficient (Wildman–Crippen LogP) is 1.28. The quantitative estimate of drug-likeness (QED) is 0.818. The molecule has 2 amide bonds. The zero-order chi connectivity index (χ0) is 14.7. The largest absolute Gasteiger partial charge is 0.480 e. The Labute approximate surface area is 119 Å². The van der Waals surface area contributed by atoms with Gasteiger partial charge in [0, 0.05) is 25.6 Å². The molecule has 0 aromatic rings. The molecule has 2 rings (SSSR count). The lowest BCUT2D eigenvalue weighted by Gasteiger charge is -2.39. The third-order valence-electron chi connectivity index (χ3n) is 4.30. The molecule has 0 aromatic heterocycles. The molecule has 114 valence electrons. The number of carbonyl (C=O) groups is 2. The molecule has 2 N–H and O–H groups in total. The number of urea groups is 1. The van der Waals surface area contributed by atoms with Crippen LogP contribution in [0, 0.1) is 0 Å². The lowest BCUT2D eigenvalue weighted by Crippen LogP contribution is -2.53. The molecule has 0 bridgehead atoms. The highest BCUT2D eigenvalue weighted by molar-refractivity contribution is 5.83. The molecule has 20 heavy (non-hydrogen) atoms. The number of β-amino-alcohol motifs (C(OH)–C–C–N with tert-alkyl or cyclic N) is 1. The zero-order valence-corrected chi connectivity index (χ0v) is 12.0. The number of piperidine rings is 1. The van der Waals surface area contributed by atoms with Crippen molar-refractivity contribution in [2.24, 2.45) is 0 Å². The summed E-state index contributed by atoms with van der Waals surface area (Å²) in [6.07, 6.45) is 4.47. The molecule has 3 atom stereocenters. The summed E-state index contributed by atoms with van der Waals surface area (Å²) in [6, 6.07) is -0.887. The number of hydrogen-bond donors (Lipinski definition) is 2. The summed E-state index contributed by atoms with van der Waals surface area (Å²) in [5.41, 5.74) is 0. The van der Waals surface area contributed by atoms with Crippen LogP contribution in [-0.4, -0.2) is 63.3 Å². The first-order chi connectivity index (χ1) is 9.54. The van der Waals surface area contributed by atoms with E-state index in [0.29, 0.717) is 6.54 Å². The summed E-state index contributed by atoms with van der Waals surface area (Å²) in [7, 11) is 0. The number of carboxylic acid groups (broad SMARTS) is 1. The van der Waals surface area contributed by atoms with Gasteiger partial charge in [-0.1, -0.05) is 13.3 Å². The predicted molar refractivity (Wildman–Crippen MR) is 73.4 cm³/mol. The molecular formula is C14H24N2O4. The lowest BCUT2D eigenvalue weighted by molar-refractivity contribution is -0.141. The Hall–Kier alpha value is -1.30. The van der Waals surface area contributed by atoms with Crippen LogP contribution in [0.3, 0.4) is 0 Å². The van der Waals surface area contributed by atoms with Crippen molar-refractivity contribution < 1.29 is 19.8 Å². The van der Waals surface area contributed by atoms with Gasteiger partial charge < -0.3 is 20.0 Å². The van der Waals surface area contributed by atoms with Gasteiger partial charge in [-0.3, -0.25) is 0 Å². The Kier molecular flexibility index (Phi) is 4.86. The van der Waals surface area contributed by atoms with E-state index in [-0.39, 0.29) is 25.0 Å². The van der Waals surface area contributed by atoms with Crippen molar-refractivity contribution in [1.29, 1.82) is 0 Å². The molecule has 0 aliphatic carbocycles. The first kappa shape index (κ1) is 15.1. The molecule has 2 unspecified atom stereocenters. The third-order valence-corrected chi connectivity index (χ3v) is 4.30. The first-order valence-corrected chi connectivity index (χ1v) is 7.52.